The number of hydrogen-bond acceptors (Lipinski definition) is 5. The van der Waals surface area contributed by atoms with Gasteiger partial charge in [-0.25, -0.2) is 9.68 Å². The lowest BCUT2D eigenvalue weighted by atomic mass is 9.96. The molecule has 2 rings (SSSR count). The Bertz CT molecular complexity index is 684. The van der Waals surface area contributed by atoms with E-state index in [2.05, 4.69) is 6.58 Å². The maximum atomic E-state index is 12.8. The minimum Gasteiger partial charge on any atom is -0.478 e. The van der Waals surface area contributed by atoms with Gasteiger partial charge in [-0.15, -0.1) is 0 Å². The number of Topliss-reactive ketones (excluding diaryl/α,β-unsaturated/α-hetero) is 1. The fourth-order valence-electron chi connectivity index (χ4n) is 2.02. The molecule has 0 spiro atoms. The summed E-state index contributed by atoms with van der Waals surface area (Å²) >= 11 is 0. The van der Waals surface area contributed by atoms with Gasteiger partial charge in [0.05, 0.1) is 7.11 Å². The van der Waals surface area contributed by atoms with Crippen molar-refractivity contribution in [2.24, 2.45) is 0 Å². The molecular weight excluding hydrogens is 324 g/mol. The van der Waals surface area contributed by atoms with E-state index in [1.54, 1.807) is 48.5 Å². The van der Waals surface area contributed by atoms with Crippen LogP contribution in [0, 0.1) is 0 Å². The Hall–Kier alpha value is -2.80. The van der Waals surface area contributed by atoms with Crippen molar-refractivity contribution >= 4 is 11.8 Å². The lowest BCUT2D eigenvalue weighted by molar-refractivity contribution is -0.397. The summed E-state index contributed by atoms with van der Waals surface area (Å²) in [5.74, 6) is -2.92. The van der Waals surface area contributed by atoms with Crippen LogP contribution in [0.2, 0.25) is 0 Å². The average Bonchev–Trinajstić information content (AvgIpc) is 2.67. The Balaban J connectivity index is 0.000000550. The smallest absolute Gasteiger partial charge is 0.327 e. The Morgan fingerprint density at radius 2 is 1.48 bits per heavy atom. The van der Waals surface area contributed by atoms with Crippen LogP contribution in [-0.4, -0.2) is 31.1 Å². The number of carbonyl (C=O) groups excluding carboxylic acids is 1. The van der Waals surface area contributed by atoms with Crippen molar-refractivity contribution in [3.63, 3.8) is 0 Å². The highest BCUT2D eigenvalue weighted by Crippen LogP contribution is 2.31. The molecule has 1 N–H and O–H groups in total. The highest BCUT2D eigenvalue weighted by atomic mass is 17.2. The van der Waals surface area contributed by atoms with Gasteiger partial charge < -0.3 is 9.84 Å². The van der Waals surface area contributed by atoms with Gasteiger partial charge in [-0.1, -0.05) is 67.2 Å². The van der Waals surface area contributed by atoms with Crippen molar-refractivity contribution in [1.82, 2.24) is 0 Å². The van der Waals surface area contributed by atoms with Gasteiger partial charge in [0.25, 0.3) is 5.79 Å². The summed E-state index contributed by atoms with van der Waals surface area (Å²) in [6.07, 6.45) is 0.833. The van der Waals surface area contributed by atoms with Crippen LogP contribution >= 0.6 is 0 Å². The van der Waals surface area contributed by atoms with Crippen molar-refractivity contribution in [1.29, 1.82) is 0 Å². The van der Waals surface area contributed by atoms with Crippen LogP contribution in [0.3, 0.4) is 0 Å². The molecule has 0 fully saturated rings. The lowest BCUT2D eigenvalue weighted by Gasteiger charge is -2.29. The van der Waals surface area contributed by atoms with E-state index in [1.807, 2.05) is 12.1 Å². The van der Waals surface area contributed by atoms with Crippen molar-refractivity contribution in [2.75, 3.05) is 14.2 Å². The molecule has 2 aromatic rings. The highest BCUT2D eigenvalue weighted by Gasteiger charge is 2.44. The zero-order valence-electron chi connectivity index (χ0n) is 14.0. The Labute approximate surface area is 146 Å². The number of carboxylic acid groups (broad SMARTS) is 1. The molecule has 0 bridgehead atoms. The molecule has 0 aromatic heterocycles. The first-order valence-electron chi connectivity index (χ1n) is 7.29. The standard InChI is InChI=1S/C16H16O4.C3H4O2/c1-18-16(20-19-2,14-11-7-4-8-12-14)15(17)13-9-5-3-6-10-13;1-2-3(4)5/h3-12H,1-2H3;2H,1H2,(H,4,5). The second kappa shape index (κ2) is 10.1. The molecule has 0 amide bonds. The van der Waals surface area contributed by atoms with Crippen molar-refractivity contribution in [2.45, 2.75) is 5.79 Å². The molecule has 0 aliphatic carbocycles. The minimum atomic E-state index is -1.61. The van der Waals surface area contributed by atoms with Gasteiger partial charge in [0.1, 0.15) is 0 Å². The van der Waals surface area contributed by atoms with Gasteiger partial charge >= 0.3 is 5.97 Å². The largest absolute Gasteiger partial charge is 0.478 e. The summed E-state index contributed by atoms with van der Waals surface area (Å²) in [4.78, 5) is 32.0. The van der Waals surface area contributed by atoms with Gasteiger partial charge in [0.2, 0.25) is 5.78 Å². The van der Waals surface area contributed by atoms with Crippen molar-refractivity contribution in [3.8, 4) is 0 Å². The second-order valence-corrected chi connectivity index (χ2v) is 4.67. The summed E-state index contributed by atoms with van der Waals surface area (Å²) in [5, 5.41) is 7.60. The van der Waals surface area contributed by atoms with Gasteiger partial charge in [-0.3, -0.25) is 4.79 Å². The normalized spacial score (nSPS) is 12.2. The van der Waals surface area contributed by atoms with Crippen LogP contribution < -0.4 is 0 Å². The first kappa shape index (κ1) is 20.2. The van der Waals surface area contributed by atoms with Crippen LogP contribution in [0.25, 0.3) is 0 Å². The molecule has 0 aliphatic rings. The highest BCUT2D eigenvalue weighted by molar-refractivity contribution is 6.02. The number of ketones is 1. The number of ether oxygens (including phenoxy) is 1. The van der Waals surface area contributed by atoms with Gasteiger partial charge in [-0.2, -0.15) is 4.89 Å². The van der Waals surface area contributed by atoms with E-state index >= 15 is 0 Å². The fraction of sp³-hybridized carbons (Fsp3) is 0.158. The van der Waals surface area contributed by atoms with E-state index in [4.69, 9.17) is 19.6 Å². The minimum absolute atomic E-state index is 0.325. The molecule has 1 atom stereocenters. The molecule has 132 valence electrons. The molecule has 1 unspecified atom stereocenters. The number of methoxy groups -OCH3 is 1. The van der Waals surface area contributed by atoms with Crippen molar-refractivity contribution in [3.05, 3.63) is 84.4 Å². The average molecular weight is 344 g/mol. The molecule has 25 heavy (non-hydrogen) atoms. The first-order chi connectivity index (χ1) is 12.0. The van der Waals surface area contributed by atoms with Gasteiger partial charge in [0, 0.05) is 24.3 Å². The lowest BCUT2D eigenvalue weighted by Crippen LogP contribution is -2.40. The number of aliphatic carboxylic acids is 1. The van der Waals surface area contributed by atoms with Crippen LogP contribution in [0.15, 0.2) is 73.3 Å². The fourth-order valence-corrected chi connectivity index (χ4v) is 2.02. The molecule has 6 heteroatoms. The molecule has 6 nitrogen and oxygen atoms in total. The second-order valence-electron chi connectivity index (χ2n) is 4.67. The number of carbonyl (C=O) groups is 2. The quantitative estimate of drug-likeness (QED) is 0.273. The Morgan fingerprint density at radius 3 is 1.88 bits per heavy atom. The number of hydrogen-bond donors (Lipinski definition) is 1. The van der Waals surface area contributed by atoms with E-state index in [0.717, 1.165) is 6.08 Å². The summed E-state index contributed by atoms with van der Waals surface area (Å²) in [5.41, 5.74) is 1.05. The monoisotopic (exact) mass is 344 g/mol. The summed E-state index contributed by atoms with van der Waals surface area (Å²) in [7, 11) is 2.75. The molecule has 0 saturated heterocycles. The summed E-state index contributed by atoms with van der Waals surface area (Å²) < 4.78 is 5.38. The van der Waals surface area contributed by atoms with Crippen LogP contribution in [-0.2, 0) is 25.1 Å². The van der Waals surface area contributed by atoms with E-state index in [0.29, 0.717) is 11.1 Å². The summed E-state index contributed by atoms with van der Waals surface area (Å²) in [6.45, 7) is 2.96. The van der Waals surface area contributed by atoms with Gasteiger partial charge in [0.15, 0.2) is 0 Å². The van der Waals surface area contributed by atoms with E-state index < -0.39 is 11.8 Å². The first-order valence-corrected chi connectivity index (χ1v) is 7.29. The van der Waals surface area contributed by atoms with Gasteiger partial charge in [-0.05, 0) is 0 Å². The molecule has 0 radical (unpaired) electrons. The maximum absolute atomic E-state index is 12.8. The van der Waals surface area contributed by atoms with Crippen molar-refractivity contribution < 1.29 is 29.2 Å². The SMILES string of the molecule is C=CC(=O)O.COOC(OC)(C(=O)c1ccccc1)c1ccccc1. The molecule has 2 aromatic carbocycles. The van der Waals surface area contributed by atoms with E-state index in [1.165, 1.54) is 14.2 Å². The third-order valence-corrected chi connectivity index (χ3v) is 3.15. The third kappa shape index (κ3) is 5.36. The van der Waals surface area contributed by atoms with Crippen LogP contribution in [0.4, 0.5) is 0 Å². The Morgan fingerprint density at radius 1 is 1.00 bits per heavy atom. The molecule has 0 aliphatic heterocycles. The summed E-state index contributed by atoms with van der Waals surface area (Å²) in [6, 6.07) is 17.8. The molecule has 0 heterocycles. The third-order valence-electron chi connectivity index (χ3n) is 3.15. The zero-order valence-corrected chi connectivity index (χ0v) is 14.0. The zero-order chi connectivity index (χ0) is 18.7. The molecule has 0 saturated carbocycles. The molecular formula is C19H20O6. The number of benzene rings is 2. The number of rotatable bonds is 7. The number of carboxylic acids is 1. The van der Waals surface area contributed by atoms with Crippen LogP contribution in [0.1, 0.15) is 15.9 Å². The predicted molar refractivity (Wildman–Crippen MR) is 91.8 cm³/mol. The Kier molecular flexibility index (Phi) is 8.22. The maximum Gasteiger partial charge on any atom is 0.327 e. The topological polar surface area (TPSA) is 82.1 Å². The predicted octanol–water partition coefficient (Wildman–Crippen LogP) is 3.20. The van der Waals surface area contributed by atoms with E-state index in [-0.39, 0.29) is 5.78 Å². The van der Waals surface area contributed by atoms with Crippen LogP contribution in [0.5, 0.6) is 0 Å². The van der Waals surface area contributed by atoms with E-state index in [9.17, 15) is 9.59 Å².